The number of halogens is 1. The van der Waals surface area contributed by atoms with Gasteiger partial charge in [0.25, 0.3) is 0 Å². The zero-order valence-corrected chi connectivity index (χ0v) is 6.36. The first-order valence-corrected chi connectivity index (χ1v) is 3.39. The summed E-state index contributed by atoms with van der Waals surface area (Å²) >= 11 is 0. The van der Waals surface area contributed by atoms with Crippen LogP contribution in [0, 0.1) is 0 Å². The summed E-state index contributed by atoms with van der Waals surface area (Å²) in [6, 6.07) is 0. The Hall–Kier alpha value is -0.850. The SMILES string of the molecule is C=C/C(F)=C(\C=C)CCC. The molecule has 0 bridgehead atoms. The van der Waals surface area contributed by atoms with Crippen LogP contribution in [0.15, 0.2) is 36.7 Å². The summed E-state index contributed by atoms with van der Waals surface area (Å²) in [5.74, 6) is -0.253. The van der Waals surface area contributed by atoms with Gasteiger partial charge in [0.1, 0.15) is 5.83 Å². The fourth-order valence-electron chi connectivity index (χ4n) is 0.719. The topological polar surface area (TPSA) is 0 Å². The fraction of sp³-hybridized carbons (Fsp3) is 0.333. The van der Waals surface area contributed by atoms with E-state index in [0.29, 0.717) is 5.57 Å². The molecule has 0 aromatic carbocycles. The molecular formula is C9H13F. The zero-order chi connectivity index (χ0) is 7.98. The van der Waals surface area contributed by atoms with Crippen molar-refractivity contribution in [2.45, 2.75) is 19.8 Å². The molecule has 0 unspecified atom stereocenters. The standard InChI is InChI=1S/C9H13F/c1-4-7-8(5-2)9(10)6-3/h5-6H,2-4,7H2,1H3/b9-8-. The smallest absolute Gasteiger partial charge is 0.125 e. The summed E-state index contributed by atoms with van der Waals surface area (Å²) < 4.78 is 12.7. The van der Waals surface area contributed by atoms with E-state index >= 15 is 0 Å². The largest absolute Gasteiger partial charge is 0.207 e. The van der Waals surface area contributed by atoms with E-state index in [4.69, 9.17) is 0 Å². The molecule has 0 saturated carbocycles. The lowest BCUT2D eigenvalue weighted by atomic mass is 10.1. The minimum Gasteiger partial charge on any atom is -0.207 e. The maximum atomic E-state index is 12.7. The molecule has 0 aromatic rings. The van der Waals surface area contributed by atoms with Crippen LogP contribution in [0.5, 0.6) is 0 Å². The third-order valence-electron chi connectivity index (χ3n) is 1.25. The summed E-state index contributed by atoms with van der Waals surface area (Å²) in [6.07, 6.45) is 4.43. The van der Waals surface area contributed by atoms with Gasteiger partial charge in [-0.05, 0) is 18.1 Å². The van der Waals surface area contributed by atoms with Crippen LogP contribution in [0.4, 0.5) is 4.39 Å². The third kappa shape index (κ3) is 2.62. The van der Waals surface area contributed by atoms with Crippen molar-refractivity contribution >= 4 is 0 Å². The van der Waals surface area contributed by atoms with Crippen molar-refractivity contribution in [1.82, 2.24) is 0 Å². The predicted octanol–water partition coefficient (Wildman–Crippen LogP) is 3.38. The molecule has 0 aliphatic heterocycles. The van der Waals surface area contributed by atoms with Gasteiger partial charge in [0.2, 0.25) is 0 Å². The normalized spacial score (nSPS) is 12.2. The number of rotatable bonds is 4. The molecular weight excluding hydrogens is 127 g/mol. The highest BCUT2D eigenvalue weighted by Crippen LogP contribution is 2.13. The lowest BCUT2D eigenvalue weighted by Crippen LogP contribution is -1.79. The number of allylic oxidation sites excluding steroid dienone is 4. The second-order valence-corrected chi connectivity index (χ2v) is 2.03. The van der Waals surface area contributed by atoms with Gasteiger partial charge in [-0.1, -0.05) is 32.6 Å². The molecule has 0 N–H and O–H groups in total. The molecule has 0 spiro atoms. The molecule has 0 aliphatic rings. The first-order valence-electron chi connectivity index (χ1n) is 3.39. The first kappa shape index (κ1) is 9.15. The highest BCUT2D eigenvalue weighted by atomic mass is 19.1. The molecule has 0 radical (unpaired) electrons. The van der Waals surface area contributed by atoms with Crippen LogP contribution >= 0.6 is 0 Å². The van der Waals surface area contributed by atoms with Crippen molar-refractivity contribution in [1.29, 1.82) is 0 Å². The van der Waals surface area contributed by atoms with Crippen molar-refractivity contribution in [3.05, 3.63) is 36.7 Å². The highest BCUT2D eigenvalue weighted by Gasteiger charge is 1.96. The lowest BCUT2D eigenvalue weighted by Gasteiger charge is -1.97. The van der Waals surface area contributed by atoms with Crippen LogP contribution in [-0.2, 0) is 0 Å². The van der Waals surface area contributed by atoms with Crippen LogP contribution in [0.1, 0.15) is 19.8 Å². The van der Waals surface area contributed by atoms with Gasteiger partial charge in [-0.2, -0.15) is 0 Å². The van der Waals surface area contributed by atoms with Gasteiger partial charge in [-0.25, -0.2) is 4.39 Å². The Morgan fingerprint density at radius 3 is 2.30 bits per heavy atom. The Balaban J connectivity index is 4.28. The van der Waals surface area contributed by atoms with Crippen molar-refractivity contribution in [2.24, 2.45) is 0 Å². The summed E-state index contributed by atoms with van der Waals surface area (Å²) in [4.78, 5) is 0. The van der Waals surface area contributed by atoms with E-state index in [9.17, 15) is 4.39 Å². The molecule has 10 heavy (non-hydrogen) atoms. The van der Waals surface area contributed by atoms with E-state index < -0.39 is 0 Å². The van der Waals surface area contributed by atoms with Crippen molar-refractivity contribution in [2.75, 3.05) is 0 Å². The van der Waals surface area contributed by atoms with Gasteiger partial charge in [0.05, 0.1) is 0 Å². The van der Waals surface area contributed by atoms with Crippen LogP contribution in [0.2, 0.25) is 0 Å². The number of hydrogen-bond acceptors (Lipinski definition) is 0. The Bertz CT molecular complexity index is 154. The summed E-state index contributed by atoms with van der Waals surface area (Å²) in [5, 5.41) is 0. The first-order chi connectivity index (χ1) is 4.76. The molecule has 0 amide bonds. The molecule has 0 rings (SSSR count). The van der Waals surface area contributed by atoms with E-state index in [1.165, 1.54) is 6.08 Å². The Morgan fingerprint density at radius 2 is 2.00 bits per heavy atom. The molecule has 56 valence electrons. The second kappa shape index (κ2) is 4.98. The summed E-state index contributed by atoms with van der Waals surface area (Å²) in [5.41, 5.74) is 0.650. The molecule has 0 heterocycles. The Labute approximate surface area is 61.8 Å². The maximum absolute atomic E-state index is 12.7. The molecule has 0 saturated heterocycles. The predicted molar refractivity (Wildman–Crippen MR) is 43.4 cm³/mol. The molecule has 0 nitrogen and oxygen atoms in total. The molecule has 1 heteroatoms. The van der Waals surface area contributed by atoms with Crippen LogP contribution in [-0.4, -0.2) is 0 Å². The van der Waals surface area contributed by atoms with Crippen LogP contribution < -0.4 is 0 Å². The monoisotopic (exact) mass is 140 g/mol. The number of hydrogen-bond donors (Lipinski definition) is 0. The van der Waals surface area contributed by atoms with Crippen molar-refractivity contribution < 1.29 is 4.39 Å². The Kier molecular flexibility index (Phi) is 4.55. The Morgan fingerprint density at radius 1 is 1.40 bits per heavy atom. The van der Waals surface area contributed by atoms with Crippen molar-refractivity contribution in [3.63, 3.8) is 0 Å². The average molecular weight is 140 g/mol. The van der Waals surface area contributed by atoms with E-state index in [1.54, 1.807) is 6.08 Å². The van der Waals surface area contributed by atoms with Gasteiger partial charge in [-0.3, -0.25) is 0 Å². The van der Waals surface area contributed by atoms with E-state index in [-0.39, 0.29) is 5.83 Å². The van der Waals surface area contributed by atoms with Gasteiger partial charge >= 0.3 is 0 Å². The van der Waals surface area contributed by atoms with Gasteiger partial charge in [-0.15, -0.1) is 0 Å². The minimum atomic E-state index is -0.253. The van der Waals surface area contributed by atoms with E-state index in [0.717, 1.165) is 12.8 Å². The van der Waals surface area contributed by atoms with Crippen LogP contribution in [0.3, 0.4) is 0 Å². The minimum absolute atomic E-state index is 0.253. The quantitative estimate of drug-likeness (QED) is 0.525. The van der Waals surface area contributed by atoms with Gasteiger partial charge in [0.15, 0.2) is 0 Å². The molecule has 0 aromatic heterocycles. The molecule has 0 fully saturated rings. The molecule has 0 aliphatic carbocycles. The van der Waals surface area contributed by atoms with Crippen molar-refractivity contribution in [3.8, 4) is 0 Å². The lowest BCUT2D eigenvalue weighted by molar-refractivity contribution is 0.649. The third-order valence-corrected chi connectivity index (χ3v) is 1.25. The van der Waals surface area contributed by atoms with E-state index in [2.05, 4.69) is 13.2 Å². The summed E-state index contributed by atoms with van der Waals surface area (Å²) in [7, 11) is 0. The second-order valence-electron chi connectivity index (χ2n) is 2.03. The summed E-state index contributed by atoms with van der Waals surface area (Å²) in [6.45, 7) is 8.83. The maximum Gasteiger partial charge on any atom is 0.125 e. The van der Waals surface area contributed by atoms with Gasteiger partial charge in [0, 0.05) is 0 Å². The zero-order valence-electron chi connectivity index (χ0n) is 6.36. The van der Waals surface area contributed by atoms with E-state index in [1.807, 2.05) is 6.92 Å². The molecule has 0 atom stereocenters. The fourth-order valence-corrected chi connectivity index (χ4v) is 0.719. The van der Waals surface area contributed by atoms with Gasteiger partial charge < -0.3 is 0 Å². The van der Waals surface area contributed by atoms with Crippen LogP contribution in [0.25, 0.3) is 0 Å². The average Bonchev–Trinajstić information content (AvgIpc) is 1.99. The highest BCUT2D eigenvalue weighted by molar-refractivity contribution is 5.26.